The second-order valence-electron chi connectivity index (χ2n) is 4.51. The molecule has 0 saturated carbocycles. The lowest BCUT2D eigenvalue weighted by molar-refractivity contribution is 0.328. The van der Waals surface area contributed by atoms with Gasteiger partial charge in [0.15, 0.2) is 0 Å². The van der Waals surface area contributed by atoms with E-state index < -0.39 is 10.0 Å². The van der Waals surface area contributed by atoms with Crippen LogP contribution in [-0.2, 0) is 10.0 Å². The minimum absolute atomic E-state index is 0. The predicted molar refractivity (Wildman–Crippen MR) is 74.5 cm³/mol. The third-order valence-electron chi connectivity index (χ3n) is 3.15. The van der Waals surface area contributed by atoms with Crippen LogP contribution < -0.4 is 10.0 Å². The van der Waals surface area contributed by atoms with Crippen LogP contribution in [0.15, 0.2) is 35.2 Å². The summed E-state index contributed by atoms with van der Waals surface area (Å²) >= 11 is 0. The zero-order valence-corrected chi connectivity index (χ0v) is 11.9. The Morgan fingerprint density at radius 3 is 2.56 bits per heavy atom. The summed E-state index contributed by atoms with van der Waals surface area (Å²) in [6.07, 6.45) is 0.841. The van der Waals surface area contributed by atoms with Crippen molar-refractivity contribution in [3.05, 3.63) is 30.3 Å². The normalized spacial score (nSPS) is 24.3. The summed E-state index contributed by atoms with van der Waals surface area (Å²) in [6.45, 7) is 3.79. The molecule has 2 unspecified atom stereocenters. The van der Waals surface area contributed by atoms with Gasteiger partial charge in [-0.05, 0) is 37.6 Å². The fraction of sp³-hybridized carbons (Fsp3) is 0.500. The largest absolute Gasteiger partial charge is 0.316 e. The fourth-order valence-corrected chi connectivity index (χ4v) is 3.46. The molecular formula is C12H19ClN2O2S. The van der Waals surface area contributed by atoms with Crippen molar-refractivity contribution in [2.45, 2.75) is 24.3 Å². The smallest absolute Gasteiger partial charge is 0.240 e. The molecular weight excluding hydrogens is 272 g/mol. The van der Waals surface area contributed by atoms with E-state index in [0.717, 1.165) is 19.5 Å². The van der Waals surface area contributed by atoms with Gasteiger partial charge in [0.2, 0.25) is 10.0 Å². The molecule has 2 rings (SSSR count). The van der Waals surface area contributed by atoms with E-state index in [0.29, 0.717) is 10.8 Å². The van der Waals surface area contributed by atoms with E-state index in [1.165, 1.54) is 0 Å². The van der Waals surface area contributed by atoms with Crippen LogP contribution in [0.1, 0.15) is 13.3 Å². The molecule has 0 radical (unpaired) electrons. The standard InChI is InChI=1S/C12H18N2O2S.ClH/c1-10-9-13-8-7-12(10)14-17(15,16)11-5-3-2-4-6-11;/h2-6,10,12-14H,7-9H2,1H3;1H. The highest BCUT2D eigenvalue weighted by Gasteiger charge is 2.26. The summed E-state index contributed by atoms with van der Waals surface area (Å²) < 4.78 is 27.0. The molecule has 1 saturated heterocycles. The first-order valence-corrected chi connectivity index (χ1v) is 7.36. The molecule has 1 aromatic rings. The van der Waals surface area contributed by atoms with Crippen molar-refractivity contribution in [3.8, 4) is 0 Å². The highest BCUT2D eigenvalue weighted by atomic mass is 35.5. The average molecular weight is 291 g/mol. The Morgan fingerprint density at radius 1 is 1.28 bits per heavy atom. The fourth-order valence-electron chi connectivity index (χ4n) is 2.06. The number of halogens is 1. The topological polar surface area (TPSA) is 58.2 Å². The lowest BCUT2D eigenvalue weighted by atomic mass is 9.97. The summed E-state index contributed by atoms with van der Waals surface area (Å²) in [7, 11) is -3.37. The molecule has 0 spiro atoms. The van der Waals surface area contributed by atoms with Crippen LogP contribution in [0.4, 0.5) is 0 Å². The summed E-state index contributed by atoms with van der Waals surface area (Å²) in [5.74, 6) is 0.322. The van der Waals surface area contributed by atoms with Gasteiger partial charge in [0.1, 0.15) is 0 Å². The molecule has 0 aromatic heterocycles. The number of hydrogen-bond donors (Lipinski definition) is 2. The molecule has 0 bridgehead atoms. The number of piperidine rings is 1. The van der Waals surface area contributed by atoms with Crippen molar-refractivity contribution >= 4 is 22.4 Å². The summed E-state index contributed by atoms with van der Waals surface area (Å²) in [6, 6.07) is 8.55. The van der Waals surface area contributed by atoms with E-state index in [4.69, 9.17) is 0 Å². The number of sulfonamides is 1. The molecule has 0 amide bonds. The Morgan fingerprint density at radius 2 is 1.94 bits per heavy atom. The molecule has 18 heavy (non-hydrogen) atoms. The quantitative estimate of drug-likeness (QED) is 0.884. The first kappa shape index (κ1) is 15.4. The molecule has 1 heterocycles. The number of rotatable bonds is 3. The van der Waals surface area contributed by atoms with Crippen molar-refractivity contribution in [2.75, 3.05) is 13.1 Å². The number of benzene rings is 1. The van der Waals surface area contributed by atoms with E-state index >= 15 is 0 Å². The van der Waals surface area contributed by atoms with Gasteiger partial charge < -0.3 is 5.32 Å². The van der Waals surface area contributed by atoms with Crippen LogP contribution in [0.5, 0.6) is 0 Å². The van der Waals surface area contributed by atoms with Gasteiger partial charge in [-0.25, -0.2) is 13.1 Å². The summed E-state index contributed by atoms with van der Waals surface area (Å²) in [5, 5.41) is 3.26. The van der Waals surface area contributed by atoms with E-state index in [9.17, 15) is 8.42 Å². The highest BCUT2D eigenvalue weighted by Crippen LogP contribution is 2.15. The Labute approximate surface area is 115 Å². The van der Waals surface area contributed by atoms with Gasteiger partial charge in [0.05, 0.1) is 4.90 Å². The molecule has 6 heteroatoms. The third kappa shape index (κ3) is 3.68. The molecule has 102 valence electrons. The summed E-state index contributed by atoms with van der Waals surface area (Å²) in [4.78, 5) is 0.339. The van der Waals surface area contributed by atoms with Gasteiger partial charge in [-0.1, -0.05) is 25.1 Å². The number of nitrogens with one attached hydrogen (secondary N) is 2. The SMILES string of the molecule is CC1CNCCC1NS(=O)(=O)c1ccccc1.Cl. The van der Waals surface area contributed by atoms with Gasteiger partial charge in [-0.2, -0.15) is 0 Å². The summed E-state index contributed by atoms with van der Waals surface area (Å²) in [5.41, 5.74) is 0. The predicted octanol–water partition coefficient (Wildman–Crippen LogP) is 1.38. The van der Waals surface area contributed by atoms with Crippen LogP contribution in [0.3, 0.4) is 0 Å². The van der Waals surface area contributed by atoms with Crippen LogP contribution in [0, 0.1) is 5.92 Å². The second-order valence-corrected chi connectivity index (χ2v) is 6.22. The first-order valence-electron chi connectivity index (χ1n) is 5.88. The molecule has 1 fully saturated rings. The molecule has 1 aliphatic heterocycles. The zero-order chi connectivity index (χ0) is 12.3. The van der Waals surface area contributed by atoms with Gasteiger partial charge in [-0.3, -0.25) is 0 Å². The van der Waals surface area contributed by atoms with Crippen molar-refractivity contribution in [3.63, 3.8) is 0 Å². The maximum absolute atomic E-state index is 12.1. The van der Waals surface area contributed by atoms with Gasteiger partial charge in [-0.15, -0.1) is 12.4 Å². The second kappa shape index (κ2) is 6.52. The molecule has 2 atom stereocenters. The lowest BCUT2D eigenvalue weighted by Gasteiger charge is -2.29. The van der Waals surface area contributed by atoms with Gasteiger partial charge in [0.25, 0.3) is 0 Å². The Hall–Kier alpha value is -0.620. The van der Waals surface area contributed by atoms with Gasteiger partial charge >= 0.3 is 0 Å². The molecule has 1 aromatic carbocycles. The van der Waals surface area contributed by atoms with Crippen LogP contribution in [0.25, 0.3) is 0 Å². The maximum atomic E-state index is 12.1. The minimum Gasteiger partial charge on any atom is -0.316 e. The highest BCUT2D eigenvalue weighted by molar-refractivity contribution is 7.89. The van der Waals surface area contributed by atoms with E-state index in [1.54, 1.807) is 24.3 Å². The van der Waals surface area contributed by atoms with E-state index in [1.807, 2.05) is 6.07 Å². The Bertz CT molecular complexity index is 464. The zero-order valence-electron chi connectivity index (χ0n) is 10.3. The monoisotopic (exact) mass is 290 g/mol. The van der Waals surface area contributed by atoms with Crippen LogP contribution in [-0.4, -0.2) is 27.5 Å². The maximum Gasteiger partial charge on any atom is 0.240 e. The Kier molecular flexibility index (Phi) is 5.59. The van der Waals surface area contributed by atoms with Crippen LogP contribution in [0.2, 0.25) is 0 Å². The molecule has 1 aliphatic rings. The molecule has 4 nitrogen and oxygen atoms in total. The van der Waals surface area contributed by atoms with Crippen LogP contribution >= 0.6 is 12.4 Å². The van der Waals surface area contributed by atoms with E-state index in [2.05, 4.69) is 17.0 Å². The van der Waals surface area contributed by atoms with Crippen molar-refractivity contribution < 1.29 is 8.42 Å². The first-order chi connectivity index (χ1) is 8.09. The van der Waals surface area contributed by atoms with Crippen molar-refractivity contribution in [1.82, 2.24) is 10.0 Å². The number of hydrogen-bond acceptors (Lipinski definition) is 3. The average Bonchev–Trinajstić information content (AvgIpc) is 2.33. The lowest BCUT2D eigenvalue weighted by Crippen LogP contribution is -2.48. The molecule has 0 aliphatic carbocycles. The molecule has 2 N–H and O–H groups in total. The third-order valence-corrected chi connectivity index (χ3v) is 4.65. The Balaban J connectivity index is 0.00000162. The minimum atomic E-state index is -3.37. The van der Waals surface area contributed by atoms with E-state index in [-0.39, 0.29) is 18.4 Å². The van der Waals surface area contributed by atoms with Crippen molar-refractivity contribution in [1.29, 1.82) is 0 Å². The van der Waals surface area contributed by atoms with Gasteiger partial charge in [0, 0.05) is 6.04 Å². The van der Waals surface area contributed by atoms with Crippen molar-refractivity contribution in [2.24, 2.45) is 5.92 Å².